The molecule has 4 aromatic rings. The number of aromatic nitrogens is 3. The Morgan fingerprint density at radius 1 is 0.914 bits per heavy atom. The lowest BCUT2D eigenvalue weighted by atomic mass is 10.1. The van der Waals surface area contributed by atoms with Crippen molar-refractivity contribution in [3.05, 3.63) is 66.4 Å². The van der Waals surface area contributed by atoms with Gasteiger partial charge in [-0.05, 0) is 55.5 Å². The van der Waals surface area contributed by atoms with E-state index in [0.29, 0.717) is 10.8 Å². The first kappa shape index (κ1) is 24.1. The molecule has 2 aromatic heterocycles. The molecule has 0 radical (unpaired) electrons. The lowest BCUT2D eigenvalue weighted by molar-refractivity contribution is 0.353. The molecule has 0 unspecified atom stereocenters. The summed E-state index contributed by atoms with van der Waals surface area (Å²) in [7, 11) is -1.14. The molecule has 180 valence electrons. The lowest BCUT2D eigenvalue weighted by Crippen LogP contribution is -2.19. The van der Waals surface area contributed by atoms with Crippen molar-refractivity contribution in [3.63, 3.8) is 0 Å². The van der Waals surface area contributed by atoms with Gasteiger partial charge < -0.3 is 20.1 Å². The maximum atomic E-state index is 12.8. The molecular weight excluding hydrogens is 488 g/mol. The average Bonchev–Trinajstić information content (AvgIpc) is 2.83. The van der Waals surface area contributed by atoms with Gasteiger partial charge >= 0.3 is 6.01 Å². The van der Waals surface area contributed by atoms with Crippen molar-refractivity contribution in [1.82, 2.24) is 15.0 Å². The zero-order chi connectivity index (χ0) is 25.0. The van der Waals surface area contributed by atoms with E-state index in [1.54, 1.807) is 12.1 Å². The number of nitrogens with one attached hydrogen (secondary N) is 3. The summed E-state index contributed by atoms with van der Waals surface area (Å²) in [5, 5.41) is 7.54. The van der Waals surface area contributed by atoms with Crippen molar-refractivity contribution in [2.75, 3.05) is 29.6 Å². The van der Waals surface area contributed by atoms with Gasteiger partial charge in [-0.3, -0.25) is 9.71 Å². The minimum Gasteiger partial charge on any atom is -0.481 e. The summed E-state index contributed by atoms with van der Waals surface area (Å²) < 4.78 is 38.0. The number of ether oxygens (including phenoxy) is 2. The van der Waals surface area contributed by atoms with Crippen LogP contribution >= 0.6 is 12.2 Å². The Balaban J connectivity index is 1.47. The van der Waals surface area contributed by atoms with Gasteiger partial charge in [0.05, 0.1) is 30.3 Å². The Kier molecular flexibility index (Phi) is 6.94. The highest BCUT2D eigenvalue weighted by atomic mass is 32.2. The normalized spacial score (nSPS) is 11.1. The van der Waals surface area contributed by atoms with Crippen LogP contribution in [0, 0.1) is 6.92 Å². The smallest absolute Gasteiger partial charge is 0.321 e. The van der Waals surface area contributed by atoms with E-state index < -0.39 is 10.0 Å². The van der Waals surface area contributed by atoms with Crippen molar-refractivity contribution in [3.8, 4) is 11.9 Å². The molecule has 0 aliphatic carbocycles. The average molecular weight is 511 g/mol. The number of rotatable bonds is 7. The van der Waals surface area contributed by atoms with Gasteiger partial charge in [0, 0.05) is 22.8 Å². The minimum absolute atomic E-state index is 0.0150. The highest BCUT2D eigenvalue weighted by Gasteiger charge is 2.17. The fourth-order valence-electron chi connectivity index (χ4n) is 3.26. The van der Waals surface area contributed by atoms with E-state index in [1.807, 2.05) is 37.3 Å². The first-order valence-electron chi connectivity index (χ1n) is 10.3. The van der Waals surface area contributed by atoms with E-state index >= 15 is 0 Å². The van der Waals surface area contributed by atoms with E-state index in [9.17, 15) is 8.42 Å². The van der Waals surface area contributed by atoms with E-state index in [2.05, 4.69) is 30.3 Å². The zero-order valence-corrected chi connectivity index (χ0v) is 20.7. The molecule has 0 atom stereocenters. The zero-order valence-electron chi connectivity index (χ0n) is 19.1. The SMILES string of the molecule is COc1cc(NS(=O)(=O)c2ccc(NC(=S)Nc3cc(C)nc4ccccc34)cc2)nc(OC)n1. The molecule has 0 spiro atoms. The topological polar surface area (TPSA) is 127 Å². The molecule has 4 rings (SSSR count). The maximum absolute atomic E-state index is 12.8. The molecule has 10 nitrogen and oxygen atoms in total. The summed E-state index contributed by atoms with van der Waals surface area (Å²) in [6.45, 7) is 1.91. The molecule has 0 aliphatic heterocycles. The molecule has 12 heteroatoms. The maximum Gasteiger partial charge on any atom is 0.321 e. The molecule has 0 saturated carbocycles. The van der Waals surface area contributed by atoms with Crippen LogP contribution in [0.5, 0.6) is 11.9 Å². The number of methoxy groups -OCH3 is 2. The predicted octanol–water partition coefficient (Wildman–Crippen LogP) is 3.96. The minimum atomic E-state index is -3.92. The number of hydrogen-bond acceptors (Lipinski definition) is 8. The first-order chi connectivity index (χ1) is 16.8. The number of pyridine rings is 1. The molecular formula is C23H22N6O4S2. The number of anilines is 3. The number of aryl methyl sites for hydroxylation is 1. The van der Waals surface area contributed by atoms with Crippen LogP contribution in [-0.4, -0.2) is 42.7 Å². The van der Waals surface area contributed by atoms with Gasteiger partial charge in [0.25, 0.3) is 10.0 Å². The predicted molar refractivity (Wildman–Crippen MR) is 139 cm³/mol. The first-order valence-corrected chi connectivity index (χ1v) is 12.2. The second-order valence-corrected chi connectivity index (χ2v) is 9.41. The van der Waals surface area contributed by atoms with Crippen molar-refractivity contribution < 1.29 is 17.9 Å². The Morgan fingerprint density at radius 2 is 1.66 bits per heavy atom. The summed E-state index contributed by atoms with van der Waals surface area (Å²) >= 11 is 5.45. The van der Waals surface area contributed by atoms with Crippen molar-refractivity contribution in [2.24, 2.45) is 0 Å². The molecule has 0 saturated heterocycles. The van der Waals surface area contributed by atoms with Crippen molar-refractivity contribution in [1.29, 1.82) is 0 Å². The van der Waals surface area contributed by atoms with Crippen LogP contribution in [0.3, 0.4) is 0 Å². The Morgan fingerprint density at radius 3 is 2.37 bits per heavy atom. The molecule has 0 amide bonds. The van der Waals surface area contributed by atoms with Gasteiger partial charge in [0.1, 0.15) is 0 Å². The van der Waals surface area contributed by atoms with E-state index in [0.717, 1.165) is 22.3 Å². The van der Waals surface area contributed by atoms with Crippen LogP contribution < -0.4 is 24.8 Å². The summed E-state index contributed by atoms with van der Waals surface area (Å²) in [4.78, 5) is 12.5. The number of para-hydroxylation sites is 1. The second-order valence-electron chi connectivity index (χ2n) is 7.32. The molecule has 2 aromatic carbocycles. The molecule has 35 heavy (non-hydrogen) atoms. The number of thiocarbonyl (C=S) groups is 1. The summed E-state index contributed by atoms with van der Waals surface area (Å²) in [5.74, 6) is 0.174. The van der Waals surface area contributed by atoms with Gasteiger partial charge in [-0.1, -0.05) is 18.2 Å². The summed E-state index contributed by atoms with van der Waals surface area (Å²) in [5.41, 5.74) is 3.15. The van der Waals surface area contributed by atoms with Crippen LogP contribution in [0.15, 0.2) is 65.6 Å². The van der Waals surface area contributed by atoms with Crippen molar-refractivity contribution in [2.45, 2.75) is 11.8 Å². The summed E-state index contributed by atoms with van der Waals surface area (Å²) in [6.07, 6.45) is 0. The standard InChI is InChI=1S/C23H22N6O4S2/c1-14-12-19(17-6-4-5-7-18(17)24-14)26-23(34)25-15-8-10-16(11-9-15)35(30,31)29-20-13-21(32-2)28-22(27-20)33-3/h4-13H,1-3H3,(H,27,28,29)(H2,24,25,26,34). The number of hydrogen-bond donors (Lipinski definition) is 3. The van der Waals surface area contributed by atoms with Crippen LogP contribution in [-0.2, 0) is 10.0 Å². The number of sulfonamides is 1. The summed E-state index contributed by atoms with van der Waals surface area (Å²) in [6, 6.07) is 17.1. The van der Waals surface area contributed by atoms with E-state index in [1.165, 1.54) is 32.4 Å². The quantitative estimate of drug-likeness (QED) is 0.314. The second kappa shape index (κ2) is 10.1. The van der Waals surface area contributed by atoms with Crippen LogP contribution in [0.2, 0.25) is 0 Å². The highest BCUT2D eigenvalue weighted by molar-refractivity contribution is 7.92. The third kappa shape index (κ3) is 5.73. The van der Waals surface area contributed by atoms with Gasteiger partial charge in [0.15, 0.2) is 10.9 Å². The van der Waals surface area contributed by atoms with E-state index in [4.69, 9.17) is 21.7 Å². The molecule has 2 heterocycles. The molecule has 0 bridgehead atoms. The number of nitrogens with zero attached hydrogens (tertiary/aromatic N) is 3. The van der Waals surface area contributed by atoms with Gasteiger partial charge in [-0.15, -0.1) is 0 Å². The van der Waals surface area contributed by atoms with Gasteiger partial charge in [-0.25, -0.2) is 8.42 Å². The fraction of sp³-hybridized carbons (Fsp3) is 0.130. The van der Waals surface area contributed by atoms with Gasteiger partial charge in [0.2, 0.25) is 5.88 Å². The van der Waals surface area contributed by atoms with Crippen LogP contribution in [0.25, 0.3) is 10.9 Å². The van der Waals surface area contributed by atoms with Gasteiger partial charge in [-0.2, -0.15) is 9.97 Å². The van der Waals surface area contributed by atoms with E-state index in [-0.39, 0.29) is 22.6 Å². The lowest BCUT2D eigenvalue weighted by Gasteiger charge is -2.14. The van der Waals surface area contributed by atoms with Crippen LogP contribution in [0.4, 0.5) is 17.2 Å². The monoisotopic (exact) mass is 510 g/mol. The Hall–Kier alpha value is -4.03. The molecule has 0 aliphatic rings. The number of benzene rings is 2. The van der Waals surface area contributed by atoms with Crippen LogP contribution in [0.1, 0.15) is 5.69 Å². The highest BCUT2D eigenvalue weighted by Crippen LogP contribution is 2.24. The Bertz CT molecular complexity index is 1470. The Labute approximate surface area is 207 Å². The molecule has 0 fully saturated rings. The third-order valence-corrected chi connectivity index (χ3v) is 6.40. The fourth-order valence-corrected chi connectivity index (χ4v) is 4.48. The largest absolute Gasteiger partial charge is 0.481 e. The van der Waals surface area contributed by atoms with Crippen molar-refractivity contribution >= 4 is 55.4 Å². The molecule has 3 N–H and O–H groups in total. The number of fused-ring (bicyclic) bond motifs is 1. The third-order valence-electron chi connectivity index (χ3n) is 4.83.